The van der Waals surface area contributed by atoms with Gasteiger partial charge in [0, 0.05) is 18.9 Å². The van der Waals surface area contributed by atoms with Gasteiger partial charge in [0.15, 0.2) is 0 Å². The summed E-state index contributed by atoms with van der Waals surface area (Å²) in [6.07, 6.45) is 6.13. The fraction of sp³-hybridized carbons (Fsp3) is 0.545. The Bertz CT molecular complexity index is 223. The molecule has 1 aromatic heterocycles. The van der Waals surface area contributed by atoms with Gasteiger partial charge in [-0.05, 0) is 50.7 Å². The third-order valence-electron chi connectivity index (χ3n) is 2.11. The van der Waals surface area contributed by atoms with Gasteiger partial charge in [0.05, 0.1) is 0 Å². The van der Waals surface area contributed by atoms with Crippen LogP contribution in [0.1, 0.15) is 18.4 Å². The molecule has 1 heterocycles. The standard InChI is InChI=1S/C11H19N3/c1-12-6-2-3-7-14-10-11-4-8-13-9-5-11/h4-5,8-9,12,14H,2-3,6-7,10H2,1H3. The molecule has 0 radical (unpaired) electrons. The molecule has 0 bridgehead atoms. The smallest absolute Gasteiger partial charge is 0.0271 e. The lowest BCUT2D eigenvalue weighted by molar-refractivity contribution is 0.605. The second-order valence-corrected chi connectivity index (χ2v) is 3.34. The van der Waals surface area contributed by atoms with Crippen LogP contribution < -0.4 is 10.6 Å². The summed E-state index contributed by atoms with van der Waals surface area (Å²) in [4.78, 5) is 3.98. The number of aromatic nitrogens is 1. The molecular formula is C11H19N3. The molecule has 0 aromatic carbocycles. The average Bonchev–Trinajstić information content (AvgIpc) is 2.25. The molecular weight excluding hydrogens is 174 g/mol. The number of nitrogens with one attached hydrogen (secondary N) is 2. The van der Waals surface area contributed by atoms with Gasteiger partial charge in [-0.25, -0.2) is 0 Å². The van der Waals surface area contributed by atoms with Crippen LogP contribution in [0.5, 0.6) is 0 Å². The molecule has 78 valence electrons. The molecule has 0 amide bonds. The lowest BCUT2D eigenvalue weighted by atomic mass is 10.2. The molecule has 3 heteroatoms. The number of pyridine rings is 1. The van der Waals surface area contributed by atoms with Gasteiger partial charge in [0.2, 0.25) is 0 Å². The van der Waals surface area contributed by atoms with E-state index in [0.29, 0.717) is 0 Å². The highest BCUT2D eigenvalue weighted by Gasteiger charge is 1.90. The van der Waals surface area contributed by atoms with E-state index in [-0.39, 0.29) is 0 Å². The Morgan fingerprint density at radius 2 is 1.86 bits per heavy atom. The van der Waals surface area contributed by atoms with Crippen molar-refractivity contribution < 1.29 is 0 Å². The Balaban J connectivity index is 1.99. The van der Waals surface area contributed by atoms with Crippen molar-refractivity contribution in [2.24, 2.45) is 0 Å². The van der Waals surface area contributed by atoms with Gasteiger partial charge in [0.25, 0.3) is 0 Å². The van der Waals surface area contributed by atoms with Crippen LogP contribution in [-0.4, -0.2) is 25.1 Å². The molecule has 0 aliphatic rings. The SMILES string of the molecule is CNCCCCNCc1ccncc1. The average molecular weight is 193 g/mol. The molecule has 0 fully saturated rings. The quantitative estimate of drug-likeness (QED) is 0.638. The topological polar surface area (TPSA) is 37.0 Å². The summed E-state index contributed by atoms with van der Waals surface area (Å²) in [6.45, 7) is 3.14. The summed E-state index contributed by atoms with van der Waals surface area (Å²) in [5.41, 5.74) is 1.30. The van der Waals surface area contributed by atoms with Crippen LogP contribution in [0.15, 0.2) is 24.5 Å². The number of nitrogens with zero attached hydrogens (tertiary/aromatic N) is 1. The highest BCUT2D eigenvalue weighted by molar-refractivity contribution is 5.08. The maximum absolute atomic E-state index is 3.98. The zero-order valence-corrected chi connectivity index (χ0v) is 8.79. The molecule has 3 nitrogen and oxygen atoms in total. The van der Waals surface area contributed by atoms with Crippen LogP contribution >= 0.6 is 0 Å². The van der Waals surface area contributed by atoms with Crippen LogP contribution in [0, 0.1) is 0 Å². The van der Waals surface area contributed by atoms with Gasteiger partial charge in [-0.1, -0.05) is 0 Å². The van der Waals surface area contributed by atoms with Crippen molar-refractivity contribution in [3.05, 3.63) is 30.1 Å². The van der Waals surface area contributed by atoms with E-state index in [4.69, 9.17) is 0 Å². The van der Waals surface area contributed by atoms with Gasteiger partial charge < -0.3 is 10.6 Å². The Kier molecular flexibility index (Phi) is 5.95. The fourth-order valence-corrected chi connectivity index (χ4v) is 1.29. The number of hydrogen-bond acceptors (Lipinski definition) is 3. The highest BCUT2D eigenvalue weighted by atomic mass is 14.9. The lowest BCUT2D eigenvalue weighted by Gasteiger charge is -2.04. The van der Waals surface area contributed by atoms with Crippen molar-refractivity contribution in [3.63, 3.8) is 0 Å². The Morgan fingerprint density at radius 1 is 1.14 bits per heavy atom. The zero-order valence-electron chi connectivity index (χ0n) is 8.79. The number of hydrogen-bond donors (Lipinski definition) is 2. The molecule has 0 saturated carbocycles. The van der Waals surface area contributed by atoms with Crippen molar-refractivity contribution >= 4 is 0 Å². The second-order valence-electron chi connectivity index (χ2n) is 3.34. The van der Waals surface area contributed by atoms with E-state index < -0.39 is 0 Å². The first-order chi connectivity index (χ1) is 6.93. The summed E-state index contributed by atoms with van der Waals surface area (Å²) >= 11 is 0. The van der Waals surface area contributed by atoms with Crippen LogP contribution in [0.4, 0.5) is 0 Å². The van der Waals surface area contributed by atoms with E-state index in [1.807, 2.05) is 31.6 Å². The Hall–Kier alpha value is -0.930. The summed E-state index contributed by atoms with van der Waals surface area (Å²) in [5.74, 6) is 0. The molecule has 14 heavy (non-hydrogen) atoms. The minimum Gasteiger partial charge on any atom is -0.320 e. The summed E-state index contributed by atoms with van der Waals surface area (Å²) in [7, 11) is 1.99. The molecule has 1 rings (SSSR count). The van der Waals surface area contributed by atoms with Crippen molar-refractivity contribution in [2.75, 3.05) is 20.1 Å². The van der Waals surface area contributed by atoms with E-state index in [9.17, 15) is 0 Å². The predicted octanol–water partition coefficient (Wildman–Crippen LogP) is 1.17. The van der Waals surface area contributed by atoms with Crippen LogP contribution in [0.2, 0.25) is 0 Å². The normalized spacial score (nSPS) is 10.4. The van der Waals surface area contributed by atoms with Gasteiger partial charge in [-0.3, -0.25) is 4.98 Å². The van der Waals surface area contributed by atoms with E-state index in [1.54, 1.807) is 0 Å². The molecule has 0 saturated heterocycles. The van der Waals surface area contributed by atoms with E-state index >= 15 is 0 Å². The van der Waals surface area contributed by atoms with Crippen molar-refractivity contribution in [1.29, 1.82) is 0 Å². The maximum Gasteiger partial charge on any atom is 0.0271 e. The van der Waals surface area contributed by atoms with Crippen LogP contribution in [0.25, 0.3) is 0 Å². The minimum atomic E-state index is 0.947. The summed E-state index contributed by atoms with van der Waals surface area (Å²) in [5, 5.41) is 6.55. The zero-order chi connectivity index (χ0) is 10.1. The molecule has 1 aromatic rings. The third kappa shape index (κ3) is 4.94. The molecule has 0 spiro atoms. The summed E-state index contributed by atoms with van der Waals surface area (Å²) < 4.78 is 0. The number of unbranched alkanes of at least 4 members (excludes halogenated alkanes) is 1. The predicted molar refractivity (Wildman–Crippen MR) is 59.1 cm³/mol. The van der Waals surface area contributed by atoms with Crippen molar-refractivity contribution in [2.45, 2.75) is 19.4 Å². The van der Waals surface area contributed by atoms with Crippen LogP contribution in [0.3, 0.4) is 0 Å². The molecule has 2 N–H and O–H groups in total. The van der Waals surface area contributed by atoms with Crippen molar-refractivity contribution in [3.8, 4) is 0 Å². The minimum absolute atomic E-state index is 0.947. The molecule has 0 unspecified atom stereocenters. The van der Waals surface area contributed by atoms with Gasteiger partial charge in [-0.2, -0.15) is 0 Å². The first-order valence-electron chi connectivity index (χ1n) is 5.17. The van der Waals surface area contributed by atoms with Crippen molar-refractivity contribution in [1.82, 2.24) is 15.6 Å². The van der Waals surface area contributed by atoms with Gasteiger partial charge in [-0.15, -0.1) is 0 Å². The molecule has 0 atom stereocenters. The second kappa shape index (κ2) is 7.47. The first kappa shape index (κ1) is 11.1. The van der Waals surface area contributed by atoms with Gasteiger partial charge in [0.1, 0.15) is 0 Å². The van der Waals surface area contributed by atoms with Gasteiger partial charge >= 0.3 is 0 Å². The Labute approximate surface area is 85.9 Å². The number of rotatable bonds is 7. The first-order valence-corrected chi connectivity index (χ1v) is 5.17. The van der Waals surface area contributed by atoms with E-state index in [1.165, 1.54) is 18.4 Å². The monoisotopic (exact) mass is 193 g/mol. The van der Waals surface area contributed by atoms with Crippen LogP contribution in [-0.2, 0) is 6.54 Å². The largest absolute Gasteiger partial charge is 0.320 e. The fourth-order valence-electron chi connectivity index (χ4n) is 1.29. The highest BCUT2D eigenvalue weighted by Crippen LogP contribution is 1.94. The molecule has 0 aliphatic carbocycles. The Morgan fingerprint density at radius 3 is 2.57 bits per heavy atom. The third-order valence-corrected chi connectivity index (χ3v) is 2.11. The lowest BCUT2D eigenvalue weighted by Crippen LogP contribution is -2.16. The van der Waals surface area contributed by atoms with E-state index in [0.717, 1.165) is 19.6 Å². The maximum atomic E-state index is 3.98. The summed E-state index contributed by atoms with van der Waals surface area (Å²) in [6, 6.07) is 4.08. The molecule has 0 aliphatic heterocycles. The van der Waals surface area contributed by atoms with E-state index in [2.05, 4.69) is 15.6 Å².